The van der Waals surface area contributed by atoms with E-state index in [1.165, 1.54) is 0 Å². The molecule has 1 atom stereocenters. The van der Waals surface area contributed by atoms with E-state index in [4.69, 9.17) is 9.84 Å². The smallest absolute Gasteiger partial charge is 0.344 e. The Balaban J connectivity index is 2.69. The molecule has 1 rings (SSSR count). The molecular formula is C12H16O3. The van der Waals surface area contributed by atoms with Crippen LogP contribution in [-0.4, -0.2) is 17.2 Å². The number of aryl methyl sites for hydroxylation is 1. The third-order valence-corrected chi connectivity index (χ3v) is 2.09. The van der Waals surface area contributed by atoms with Gasteiger partial charge >= 0.3 is 5.97 Å². The normalized spacial score (nSPS) is 12.1. The van der Waals surface area contributed by atoms with Gasteiger partial charge in [0.25, 0.3) is 0 Å². The number of carbonyl (C=O) groups is 1. The van der Waals surface area contributed by atoms with Crippen molar-refractivity contribution in [2.45, 2.75) is 32.8 Å². The Hall–Kier alpha value is -1.51. The number of carboxylic acid groups (broad SMARTS) is 1. The van der Waals surface area contributed by atoms with Crippen LogP contribution in [-0.2, 0) is 4.79 Å². The summed E-state index contributed by atoms with van der Waals surface area (Å²) in [4.78, 5) is 10.9. The third-order valence-electron chi connectivity index (χ3n) is 2.09. The summed E-state index contributed by atoms with van der Waals surface area (Å²) in [6, 6.07) is 7.42. The van der Waals surface area contributed by atoms with Crippen molar-refractivity contribution >= 4 is 5.97 Å². The first-order valence-corrected chi connectivity index (χ1v) is 5.09. The molecule has 15 heavy (non-hydrogen) atoms. The summed E-state index contributed by atoms with van der Waals surface area (Å²) in [5.74, 6) is -0.283. The lowest BCUT2D eigenvalue weighted by atomic mass is 10.2. The molecule has 1 aromatic rings. The van der Waals surface area contributed by atoms with Gasteiger partial charge in [-0.25, -0.2) is 4.79 Å². The van der Waals surface area contributed by atoms with Gasteiger partial charge in [-0.3, -0.25) is 0 Å². The fraction of sp³-hybridized carbons (Fsp3) is 0.417. The Morgan fingerprint density at radius 2 is 2.27 bits per heavy atom. The predicted molar refractivity (Wildman–Crippen MR) is 58.1 cm³/mol. The number of benzene rings is 1. The number of hydrogen-bond donors (Lipinski definition) is 1. The molecule has 0 unspecified atom stereocenters. The molecule has 1 N–H and O–H groups in total. The molecule has 0 fully saturated rings. The van der Waals surface area contributed by atoms with Crippen LogP contribution in [0, 0.1) is 6.92 Å². The Bertz CT molecular complexity index is 333. The van der Waals surface area contributed by atoms with Gasteiger partial charge in [0.05, 0.1) is 0 Å². The van der Waals surface area contributed by atoms with Crippen molar-refractivity contribution in [1.29, 1.82) is 0 Å². The molecule has 1 aromatic carbocycles. The molecule has 0 aromatic heterocycles. The van der Waals surface area contributed by atoms with Crippen molar-refractivity contribution in [2.24, 2.45) is 0 Å². The SMILES string of the molecule is CCC[C@H](Oc1cccc(C)c1)C(=O)O. The van der Waals surface area contributed by atoms with Crippen molar-refractivity contribution in [1.82, 2.24) is 0 Å². The van der Waals surface area contributed by atoms with Crippen LogP contribution in [0.4, 0.5) is 0 Å². The minimum Gasteiger partial charge on any atom is -0.479 e. The van der Waals surface area contributed by atoms with Crippen molar-refractivity contribution < 1.29 is 14.6 Å². The standard InChI is InChI=1S/C12H16O3/c1-3-5-11(12(13)14)15-10-7-4-6-9(2)8-10/h4,6-8,11H,3,5H2,1-2H3,(H,13,14)/t11-/m0/s1. The van der Waals surface area contributed by atoms with Crippen LogP contribution >= 0.6 is 0 Å². The average molecular weight is 208 g/mol. The molecular weight excluding hydrogens is 192 g/mol. The highest BCUT2D eigenvalue weighted by atomic mass is 16.5. The number of carboxylic acids is 1. The zero-order valence-corrected chi connectivity index (χ0v) is 9.06. The van der Waals surface area contributed by atoms with Crippen LogP contribution in [0.5, 0.6) is 5.75 Å². The largest absolute Gasteiger partial charge is 0.479 e. The quantitative estimate of drug-likeness (QED) is 0.809. The van der Waals surface area contributed by atoms with Gasteiger partial charge in [-0.2, -0.15) is 0 Å². The van der Waals surface area contributed by atoms with Crippen LogP contribution < -0.4 is 4.74 Å². The molecule has 0 saturated heterocycles. The molecule has 0 spiro atoms. The van der Waals surface area contributed by atoms with Crippen LogP contribution in [0.2, 0.25) is 0 Å². The lowest BCUT2D eigenvalue weighted by Gasteiger charge is -2.14. The van der Waals surface area contributed by atoms with E-state index in [-0.39, 0.29) is 0 Å². The van der Waals surface area contributed by atoms with Crippen LogP contribution in [0.3, 0.4) is 0 Å². The van der Waals surface area contributed by atoms with Gasteiger partial charge in [0, 0.05) is 0 Å². The molecule has 0 amide bonds. The van der Waals surface area contributed by atoms with Gasteiger partial charge in [-0.05, 0) is 31.0 Å². The lowest BCUT2D eigenvalue weighted by molar-refractivity contribution is -0.145. The Morgan fingerprint density at radius 1 is 1.53 bits per heavy atom. The van der Waals surface area contributed by atoms with E-state index in [0.717, 1.165) is 12.0 Å². The van der Waals surface area contributed by atoms with Gasteiger partial charge in [0.1, 0.15) is 5.75 Å². The highest BCUT2D eigenvalue weighted by Gasteiger charge is 2.17. The zero-order chi connectivity index (χ0) is 11.3. The summed E-state index contributed by atoms with van der Waals surface area (Å²) in [5.41, 5.74) is 1.06. The first-order chi connectivity index (χ1) is 7.13. The van der Waals surface area contributed by atoms with Crippen molar-refractivity contribution in [2.75, 3.05) is 0 Å². The average Bonchev–Trinajstić information content (AvgIpc) is 2.17. The van der Waals surface area contributed by atoms with Crippen LogP contribution in [0.25, 0.3) is 0 Å². The first-order valence-electron chi connectivity index (χ1n) is 5.09. The second-order valence-electron chi connectivity index (χ2n) is 3.55. The van der Waals surface area contributed by atoms with Crippen LogP contribution in [0.15, 0.2) is 24.3 Å². The first kappa shape index (κ1) is 11.6. The molecule has 3 nitrogen and oxygen atoms in total. The number of ether oxygens (including phenoxy) is 1. The topological polar surface area (TPSA) is 46.5 Å². The van der Waals surface area contributed by atoms with Crippen molar-refractivity contribution in [3.05, 3.63) is 29.8 Å². The maximum absolute atomic E-state index is 10.9. The van der Waals surface area contributed by atoms with Gasteiger partial charge in [0.15, 0.2) is 6.10 Å². The van der Waals surface area contributed by atoms with E-state index in [0.29, 0.717) is 12.2 Å². The minimum atomic E-state index is -0.904. The predicted octanol–water partition coefficient (Wildman–Crippen LogP) is 2.63. The third kappa shape index (κ3) is 3.62. The summed E-state index contributed by atoms with van der Waals surface area (Å²) in [5, 5.41) is 8.91. The summed E-state index contributed by atoms with van der Waals surface area (Å²) in [7, 11) is 0. The molecule has 0 heterocycles. The molecule has 0 saturated carbocycles. The second kappa shape index (κ2) is 5.39. The van der Waals surface area contributed by atoms with Crippen molar-refractivity contribution in [3.8, 4) is 5.75 Å². The van der Waals surface area contributed by atoms with E-state index in [2.05, 4.69) is 0 Å². The summed E-state index contributed by atoms with van der Waals surface area (Å²) in [6.07, 6.45) is 0.586. The van der Waals surface area contributed by atoms with E-state index >= 15 is 0 Å². The zero-order valence-electron chi connectivity index (χ0n) is 9.06. The lowest BCUT2D eigenvalue weighted by Crippen LogP contribution is -2.26. The monoisotopic (exact) mass is 208 g/mol. The maximum atomic E-state index is 10.9. The molecule has 0 radical (unpaired) electrons. The van der Waals surface area contributed by atoms with Crippen LogP contribution in [0.1, 0.15) is 25.3 Å². The van der Waals surface area contributed by atoms with E-state index in [9.17, 15) is 4.79 Å². The number of rotatable bonds is 5. The highest BCUT2D eigenvalue weighted by Crippen LogP contribution is 2.16. The fourth-order valence-corrected chi connectivity index (χ4v) is 1.35. The molecule has 82 valence electrons. The number of hydrogen-bond acceptors (Lipinski definition) is 2. The van der Waals surface area contributed by atoms with E-state index in [1.54, 1.807) is 6.07 Å². The molecule has 0 aliphatic carbocycles. The second-order valence-corrected chi connectivity index (χ2v) is 3.55. The molecule has 3 heteroatoms. The van der Waals surface area contributed by atoms with Gasteiger partial charge < -0.3 is 9.84 Å². The minimum absolute atomic E-state index is 0.531. The fourth-order valence-electron chi connectivity index (χ4n) is 1.35. The van der Waals surface area contributed by atoms with Gasteiger partial charge in [-0.1, -0.05) is 25.5 Å². The summed E-state index contributed by atoms with van der Waals surface area (Å²) >= 11 is 0. The summed E-state index contributed by atoms with van der Waals surface area (Å²) in [6.45, 7) is 3.89. The molecule has 0 aliphatic heterocycles. The molecule has 0 bridgehead atoms. The summed E-state index contributed by atoms with van der Waals surface area (Å²) < 4.78 is 5.40. The Morgan fingerprint density at radius 3 is 2.80 bits per heavy atom. The van der Waals surface area contributed by atoms with E-state index in [1.807, 2.05) is 32.0 Å². The maximum Gasteiger partial charge on any atom is 0.344 e. The van der Waals surface area contributed by atoms with Crippen molar-refractivity contribution in [3.63, 3.8) is 0 Å². The highest BCUT2D eigenvalue weighted by molar-refractivity contribution is 5.72. The number of aliphatic carboxylic acids is 1. The van der Waals surface area contributed by atoms with Gasteiger partial charge in [0.2, 0.25) is 0 Å². The van der Waals surface area contributed by atoms with Gasteiger partial charge in [-0.15, -0.1) is 0 Å². The van der Waals surface area contributed by atoms with E-state index < -0.39 is 12.1 Å². The Kier molecular flexibility index (Phi) is 4.16. The Labute approximate surface area is 89.7 Å². The molecule has 0 aliphatic rings.